The molecule has 0 spiro atoms. The van der Waals surface area contributed by atoms with E-state index in [0.717, 1.165) is 5.56 Å². The van der Waals surface area contributed by atoms with Crippen LogP contribution in [0.1, 0.15) is 16.7 Å². The number of hydrogen-bond acceptors (Lipinski definition) is 2. The highest BCUT2D eigenvalue weighted by Gasteiger charge is 2.13. The number of carbonyl (C=O) groups is 2. The topological polar surface area (TPSA) is 74.6 Å². The molecule has 0 amide bonds. The van der Waals surface area contributed by atoms with Crippen molar-refractivity contribution in [2.45, 2.75) is 19.3 Å². The third-order valence-corrected chi connectivity index (χ3v) is 2.40. The van der Waals surface area contributed by atoms with Crippen molar-refractivity contribution in [2.24, 2.45) is 0 Å². The number of carboxylic acid groups (broad SMARTS) is 2. The Labute approximate surface area is 99.2 Å². The molecule has 1 aromatic carbocycles. The number of aliphatic carboxylic acids is 2. The van der Waals surface area contributed by atoms with Crippen LogP contribution in [0.3, 0.4) is 0 Å². The molecule has 1 rings (SSSR count). The summed E-state index contributed by atoms with van der Waals surface area (Å²) in [4.78, 5) is 21.5. The molecular weight excluding hydrogens is 220 g/mol. The van der Waals surface area contributed by atoms with Crippen LogP contribution in [0.2, 0.25) is 0 Å². The highest BCUT2D eigenvalue weighted by Crippen LogP contribution is 2.17. The van der Waals surface area contributed by atoms with Crippen LogP contribution in [0.4, 0.5) is 0 Å². The molecule has 0 saturated carbocycles. The van der Waals surface area contributed by atoms with E-state index >= 15 is 0 Å². The second-order valence-corrected chi connectivity index (χ2v) is 3.69. The van der Waals surface area contributed by atoms with E-state index in [1.807, 2.05) is 0 Å². The van der Waals surface area contributed by atoms with Gasteiger partial charge in [-0.3, -0.25) is 9.59 Å². The predicted molar refractivity (Wildman–Crippen MR) is 63.0 cm³/mol. The third-order valence-electron chi connectivity index (χ3n) is 2.40. The van der Waals surface area contributed by atoms with Gasteiger partial charge in [-0.25, -0.2) is 0 Å². The van der Waals surface area contributed by atoms with Crippen LogP contribution < -0.4 is 0 Å². The fraction of sp³-hybridized carbons (Fsp3) is 0.231. The molecule has 90 valence electrons. The van der Waals surface area contributed by atoms with Gasteiger partial charge in [0.25, 0.3) is 0 Å². The average molecular weight is 234 g/mol. The van der Waals surface area contributed by atoms with Gasteiger partial charge < -0.3 is 10.2 Å². The van der Waals surface area contributed by atoms with E-state index in [1.165, 1.54) is 0 Å². The first-order chi connectivity index (χ1) is 8.04. The summed E-state index contributed by atoms with van der Waals surface area (Å²) >= 11 is 0. The van der Waals surface area contributed by atoms with E-state index in [4.69, 9.17) is 10.2 Å². The maximum atomic E-state index is 10.8. The molecule has 0 aliphatic carbocycles. The lowest BCUT2D eigenvalue weighted by Crippen LogP contribution is -2.10. The summed E-state index contributed by atoms with van der Waals surface area (Å²) in [5.74, 6) is -1.93. The van der Waals surface area contributed by atoms with E-state index < -0.39 is 11.9 Å². The van der Waals surface area contributed by atoms with Crippen LogP contribution in [-0.2, 0) is 28.9 Å². The molecule has 0 unspecified atom stereocenters. The van der Waals surface area contributed by atoms with Gasteiger partial charge in [-0.1, -0.05) is 24.3 Å². The van der Waals surface area contributed by atoms with Crippen LogP contribution in [0, 0.1) is 0 Å². The van der Waals surface area contributed by atoms with E-state index in [1.54, 1.807) is 24.3 Å². The Morgan fingerprint density at radius 2 is 1.71 bits per heavy atom. The van der Waals surface area contributed by atoms with Gasteiger partial charge >= 0.3 is 11.9 Å². The molecule has 0 heterocycles. The molecule has 2 N–H and O–H groups in total. The quantitative estimate of drug-likeness (QED) is 0.734. The van der Waals surface area contributed by atoms with Gasteiger partial charge in [0.1, 0.15) is 0 Å². The zero-order chi connectivity index (χ0) is 12.8. The first kappa shape index (κ1) is 13.0. The molecular formula is C13H14O4. The highest BCUT2D eigenvalue weighted by molar-refractivity contribution is 5.75. The van der Waals surface area contributed by atoms with Crippen LogP contribution >= 0.6 is 0 Å². The number of hydrogen-bond donors (Lipinski definition) is 2. The monoisotopic (exact) mass is 234 g/mol. The van der Waals surface area contributed by atoms with Crippen molar-refractivity contribution in [1.82, 2.24) is 0 Å². The average Bonchev–Trinajstić information content (AvgIpc) is 2.21. The summed E-state index contributed by atoms with van der Waals surface area (Å²) < 4.78 is 0. The number of benzene rings is 1. The summed E-state index contributed by atoms with van der Waals surface area (Å²) in [6.45, 7) is 3.60. The van der Waals surface area contributed by atoms with Gasteiger partial charge in [0.15, 0.2) is 0 Å². The van der Waals surface area contributed by atoms with Gasteiger partial charge in [0.2, 0.25) is 0 Å². The van der Waals surface area contributed by atoms with Gasteiger partial charge in [-0.15, -0.1) is 6.58 Å². The van der Waals surface area contributed by atoms with Crippen molar-refractivity contribution in [1.29, 1.82) is 0 Å². The summed E-state index contributed by atoms with van der Waals surface area (Å²) in [7, 11) is 0. The van der Waals surface area contributed by atoms with Crippen molar-refractivity contribution >= 4 is 11.9 Å². The molecule has 17 heavy (non-hydrogen) atoms. The molecule has 4 heteroatoms. The Bertz CT molecular complexity index is 449. The molecule has 0 aromatic heterocycles. The Kier molecular flexibility index (Phi) is 4.46. The molecule has 0 aliphatic heterocycles. The van der Waals surface area contributed by atoms with Gasteiger partial charge in [-0.2, -0.15) is 0 Å². The van der Waals surface area contributed by atoms with E-state index in [0.29, 0.717) is 17.5 Å². The van der Waals surface area contributed by atoms with Crippen molar-refractivity contribution in [2.75, 3.05) is 0 Å². The molecule has 4 nitrogen and oxygen atoms in total. The normalized spacial score (nSPS) is 9.88. The zero-order valence-electron chi connectivity index (χ0n) is 9.35. The van der Waals surface area contributed by atoms with E-state index in [9.17, 15) is 9.59 Å². The van der Waals surface area contributed by atoms with Gasteiger partial charge in [0, 0.05) is 0 Å². The Balaban J connectivity index is 3.17. The SMILES string of the molecule is C=CCc1cccc(CC(=O)O)c1CC(=O)O. The van der Waals surface area contributed by atoms with Crippen molar-refractivity contribution < 1.29 is 19.8 Å². The number of rotatable bonds is 6. The van der Waals surface area contributed by atoms with Crippen LogP contribution in [0.25, 0.3) is 0 Å². The largest absolute Gasteiger partial charge is 0.481 e. The number of carboxylic acids is 2. The molecule has 0 aliphatic rings. The lowest BCUT2D eigenvalue weighted by atomic mass is 9.94. The van der Waals surface area contributed by atoms with Crippen molar-refractivity contribution in [3.05, 3.63) is 47.5 Å². The molecule has 0 fully saturated rings. The van der Waals surface area contributed by atoms with E-state index in [-0.39, 0.29) is 12.8 Å². The molecule has 1 aromatic rings. The molecule has 0 saturated heterocycles. The zero-order valence-corrected chi connectivity index (χ0v) is 9.35. The predicted octanol–water partition coefficient (Wildman–Crippen LogP) is 1.67. The summed E-state index contributed by atoms with van der Waals surface area (Å²) in [5.41, 5.74) is 1.96. The molecule has 0 bridgehead atoms. The summed E-state index contributed by atoms with van der Waals surface area (Å²) in [6.07, 6.45) is 1.89. The lowest BCUT2D eigenvalue weighted by Gasteiger charge is -2.11. The van der Waals surface area contributed by atoms with Gasteiger partial charge in [0.05, 0.1) is 12.8 Å². The highest BCUT2D eigenvalue weighted by atomic mass is 16.4. The van der Waals surface area contributed by atoms with Crippen molar-refractivity contribution in [3.63, 3.8) is 0 Å². The molecule has 0 atom stereocenters. The van der Waals surface area contributed by atoms with Crippen LogP contribution in [0.15, 0.2) is 30.9 Å². The fourth-order valence-electron chi connectivity index (χ4n) is 1.74. The third kappa shape index (κ3) is 3.75. The van der Waals surface area contributed by atoms with Crippen LogP contribution in [-0.4, -0.2) is 22.2 Å². The van der Waals surface area contributed by atoms with E-state index in [2.05, 4.69) is 6.58 Å². The first-order valence-corrected chi connectivity index (χ1v) is 5.18. The standard InChI is InChI=1S/C13H14O4/c1-2-4-9-5-3-6-10(7-12(14)15)11(9)8-13(16)17/h2-3,5-6H,1,4,7-8H2,(H,14,15)(H,16,17). The summed E-state index contributed by atoms with van der Waals surface area (Å²) in [6, 6.07) is 5.19. The first-order valence-electron chi connectivity index (χ1n) is 5.18. The fourth-order valence-corrected chi connectivity index (χ4v) is 1.74. The summed E-state index contributed by atoms with van der Waals surface area (Å²) in [5, 5.41) is 17.6. The van der Waals surface area contributed by atoms with Crippen LogP contribution in [0.5, 0.6) is 0 Å². The second kappa shape index (κ2) is 5.84. The Morgan fingerprint density at radius 3 is 2.24 bits per heavy atom. The Morgan fingerprint density at radius 1 is 1.12 bits per heavy atom. The second-order valence-electron chi connectivity index (χ2n) is 3.69. The van der Waals surface area contributed by atoms with Gasteiger partial charge in [-0.05, 0) is 23.1 Å². The van der Waals surface area contributed by atoms with Crippen molar-refractivity contribution in [3.8, 4) is 0 Å². The Hall–Kier alpha value is -2.10. The lowest BCUT2D eigenvalue weighted by molar-refractivity contribution is -0.137. The minimum absolute atomic E-state index is 0.159. The smallest absolute Gasteiger partial charge is 0.307 e. The maximum absolute atomic E-state index is 10.8. The minimum atomic E-state index is -0.965. The minimum Gasteiger partial charge on any atom is -0.481 e. The molecule has 0 radical (unpaired) electrons. The number of allylic oxidation sites excluding steroid dienone is 1. The maximum Gasteiger partial charge on any atom is 0.307 e.